The third-order valence-corrected chi connectivity index (χ3v) is 4.80. The summed E-state index contributed by atoms with van der Waals surface area (Å²) in [5, 5.41) is 10.0. The van der Waals surface area contributed by atoms with Gasteiger partial charge in [-0.1, -0.05) is 24.3 Å². The molecule has 10 heteroatoms. The van der Waals surface area contributed by atoms with E-state index >= 15 is 0 Å². The van der Waals surface area contributed by atoms with Crippen LogP contribution in [0.15, 0.2) is 46.9 Å². The molecule has 0 saturated carbocycles. The molecule has 1 aromatic heterocycles. The van der Waals surface area contributed by atoms with E-state index in [0.29, 0.717) is 23.2 Å². The maximum Gasteiger partial charge on any atom is 0.314 e. The summed E-state index contributed by atoms with van der Waals surface area (Å²) in [7, 11) is 1.69. The summed E-state index contributed by atoms with van der Waals surface area (Å²) in [6.07, 6.45) is -5.45. The zero-order valence-corrected chi connectivity index (χ0v) is 15.7. The van der Waals surface area contributed by atoms with Crippen LogP contribution in [-0.2, 0) is 13.1 Å². The summed E-state index contributed by atoms with van der Waals surface area (Å²) >= 11 is 0. The van der Waals surface area contributed by atoms with E-state index < -0.39 is 18.7 Å². The third kappa shape index (κ3) is 3.78. The number of rotatable bonds is 6. The smallest absolute Gasteiger partial charge is 0.314 e. The van der Waals surface area contributed by atoms with Gasteiger partial charge < -0.3 is 4.42 Å². The molecule has 0 atom stereocenters. The van der Waals surface area contributed by atoms with Gasteiger partial charge in [0.25, 0.3) is 18.2 Å². The first-order valence-electron chi connectivity index (χ1n) is 8.98. The lowest BCUT2D eigenvalue weighted by Gasteiger charge is -2.28. The van der Waals surface area contributed by atoms with Crippen molar-refractivity contribution in [2.75, 3.05) is 7.05 Å². The second-order valence-corrected chi connectivity index (χ2v) is 6.84. The second kappa shape index (κ2) is 7.86. The van der Waals surface area contributed by atoms with Gasteiger partial charge in [-0.15, -0.1) is 10.2 Å². The number of fused-ring (bicyclic) bond motifs is 1. The maximum absolute atomic E-state index is 12.9. The summed E-state index contributed by atoms with van der Waals surface area (Å²) in [6.45, 7) is 0.556. The lowest BCUT2D eigenvalue weighted by molar-refractivity contribution is 0.00266. The lowest BCUT2D eigenvalue weighted by Crippen LogP contribution is -2.39. The Balaban J connectivity index is 1.52. The molecule has 0 saturated heterocycles. The molecule has 1 aliphatic rings. The first kappa shape index (κ1) is 20.0. The molecule has 0 unspecified atom stereocenters. The molecular weight excluding hydrogens is 404 g/mol. The van der Waals surface area contributed by atoms with Crippen LogP contribution in [0.25, 0.3) is 11.5 Å². The number of carbonyl (C=O) groups is 1. The number of halogens is 4. The van der Waals surface area contributed by atoms with Crippen LogP contribution in [0.4, 0.5) is 17.6 Å². The molecule has 30 heavy (non-hydrogen) atoms. The zero-order chi connectivity index (χ0) is 21.4. The molecule has 2 heterocycles. The largest absolute Gasteiger partial charge is 0.415 e. The van der Waals surface area contributed by atoms with E-state index in [-0.39, 0.29) is 23.9 Å². The molecule has 0 N–H and O–H groups in total. The summed E-state index contributed by atoms with van der Waals surface area (Å²) in [4.78, 5) is 12.9. The Hall–Kier alpha value is -3.27. The number of amides is 1. The fraction of sp³-hybridized carbons (Fsp3) is 0.250. The predicted molar refractivity (Wildman–Crippen MR) is 97.4 cm³/mol. The molecule has 0 spiro atoms. The molecule has 0 aliphatic carbocycles. The Labute approximate surface area is 168 Å². The quantitative estimate of drug-likeness (QED) is 0.545. The number of hydrogen-bond acceptors (Lipinski definition) is 5. The highest BCUT2D eigenvalue weighted by atomic mass is 19.3. The maximum atomic E-state index is 12.9. The number of aromatic nitrogens is 2. The van der Waals surface area contributed by atoms with Crippen LogP contribution < -0.4 is 0 Å². The monoisotopic (exact) mass is 420 g/mol. The van der Waals surface area contributed by atoms with E-state index in [1.165, 1.54) is 23.2 Å². The number of hydrazine groups is 1. The van der Waals surface area contributed by atoms with Gasteiger partial charge in [-0.2, -0.15) is 8.78 Å². The van der Waals surface area contributed by atoms with Crippen molar-refractivity contribution < 1.29 is 26.8 Å². The minimum atomic E-state index is -2.88. The topological polar surface area (TPSA) is 62.5 Å². The first-order valence-corrected chi connectivity index (χ1v) is 8.98. The normalized spacial score (nSPS) is 13.7. The molecule has 3 aromatic rings. The molecule has 1 amide bonds. The van der Waals surface area contributed by atoms with Crippen LogP contribution in [0.5, 0.6) is 0 Å². The number of alkyl halides is 4. The Morgan fingerprint density at radius 2 is 1.90 bits per heavy atom. The highest BCUT2D eigenvalue weighted by Crippen LogP contribution is 2.30. The summed E-state index contributed by atoms with van der Waals surface area (Å²) in [6, 6.07) is 10.9. The van der Waals surface area contributed by atoms with Crippen molar-refractivity contribution in [3.8, 4) is 11.5 Å². The fourth-order valence-electron chi connectivity index (χ4n) is 3.31. The van der Waals surface area contributed by atoms with Crippen LogP contribution in [0, 0.1) is 0 Å². The van der Waals surface area contributed by atoms with Crippen molar-refractivity contribution >= 4 is 5.91 Å². The van der Waals surface area contributed by atoms with Gasteiger partial charge >= 0.3 is 6.43 Å². The van der Waals surface area contributed by atoms with Crippen molar-refractivity contribution in [1.82, 2.24) is 20.2 Å². The van der Waals surface area contributed by atoms with E-state index in [1.54, 1.807) is 36.3 Å². The van der Waals surface area contributed by atoms with Crippen molar-refractivity contribution in [3.63, 3.8) is 0 Å². The van der Waals surface area contributed by atoms with Crippen LogP contribution in [-0.4, -0.2) is 33.2 Å². The van der Waals surface area contributed by atoms with Crippen LogP contribution in [0.3, 0.4) is 0 Å². The number of nitrogens with zero attached hydrogens (tertiary/aromatic N) is 4. The summed E-state index contributed by atoms with van der Waals surface area (Å²) < 4.78 is 56.1. The number of hydrogen-bond donors (Lipinski definition) is 0. The van der Waals surface area contributed by atoms with Gasteiger partial charge in [0.05, 0.1) is 6.54 Å². The molecule has 2 aromatic carbocycles. The minimum Gasteiger partial charge on any atom is -0.415 e. The molecule has 0 radical (unpaired) electrons. The van der Waals surface area contributed by atoms with E-state index in [1.807, 2.05) is 0 Å². The Morgan fingerprint density at radius 3 is 2.60 bits per heavy atom. The molecular formula is C20H16F4N4O2. The molecule has 0 fully saturated rings. The minimum absolute atomic E-state index is 0.0794. The average molecular weight is 420 g/mol. The molecule has 0 bridgehead atoms. The van der Waals surface area contributed by atoms with E-state index in [4.69, 9.17) is 4.42 Å². The Kier molecular flexibility index (Phi) is 5.25. The summed E-state index contributed by atoms with van der Waals surface area (Å²) in [5.41, 5.74) is 2.05. The zero-order valence-electron chi connectivity index (χ0n) is 15.7. The highest BCUT2D eigenvalue weighted by Gasteiger charge is 2.31. The van der Waals surface area contributed by atoms with E-state index in [9.17, 15) is 22.4 Å². The van der Waals surface area contributed by atoms with Gasteiger partial charge in [-0.25, -0.2) is 13.8 Å². The Bertz CT molecular complexity index is 1090. The van der Waals surface area contributed by atoms with Gasteiger partial charge in [0.15, 0.2) is 0 Å². The van der Waals surface area contributed by atoms with Crippen LogP contribution in [0.1, 0.15) is 45.8 Å². The lowest BCUT2D eigenvalue weighted by atomic mass is 10.1. The first-order chi connectivity index (χ1) is 14.3. The van der Waals surface area contributed by atoms with Crippen LogP contribution in [0.2, 0.25) is 0 Å². The molecule has 6 nitrogen and oxygen atoms in total. The van der Waals surface area contributed by atoms with Gasteiger partial charge in [-0.05, 0) is 29.3 Å². The van der Waals surface area contributed by atoms with E-state index in [0.717, 1.165) is 5.56 Å². The predicted octanol–water partition coefficient (Wildman–Crippen LogP) is 4.61. The van der Waals surface area contributed by atoms with Gasteiger partial charge in [0, 0.05) is 30.3 Å². The van der Waals surface area contributed by atoms with E-state index in [2.05, 4.69) is 10.2 Å². The SMILES string of the molecule is CN(Cc1cccc(C(F)F)c1)N1Cc2ccc(-c3nnc(C(F)F)o3)cc2C1=O. The van der Waals surface area contributed by atoms with Gasteiger partial charge in [0.1, 0.15) is 0 Å². The van der Waals surface area contributed by atoms with Gasteiger partial charge in [0.2, 0.25) is 5.89 Å². The summed E-state index contributed by atoms with van der Waals surface area (Å²) in [5.74, 6) is -1.19. The Morgan fingerprint density at radius 1 is 1.10 bits per heavy atom. The number of carbonyl (C=O) groups excluding carboxylic acids is 1. The van der Waals surface area contributed by atoms with Gasteiger partial charge in [-0.3, -0.25) is 9.80 Å². The van der Waals surface area contributed by atoms with Crippen molar-refractivity contribution in [2.45, 2.75) is 25.9 Å². The molecule has 4 rings (SSSR count). The van der Waals surface area contributed by atoms with Crippen molar-refractivity contribution in [2.24, 2.45) is 0 Å². The number of benzene rings is 2. The molecule has 156 valence electrons. The third-order valence-electron chi connectivity index (χ3n) is 4.80. The van der Waals surface area contributed by atoms with Crippen LogP contribution >= 0.6 is 0 Å². The highest BCUT2D eigenvalue weighted by molar-refractivity contribution is 5.99. The second-order valence-electron chi connectivity index (χ2n) is 6.84. The average Bonchev–Trinajstić information content (AvgIpc) is 3.33. The standard InChI is InChI=1S/C20H16F4N4O2/c1-27(9-11-3-2-4-12(7-11)16(21)22)28-10-14-6-5-13(8-15(14)20(28)29)18-25-26-19(30-18)17(23)24/h2-8,16-17H,9-10H2,1H3. The fourth-order valence-corrected chi connectivity index (χ4v) is 3.31. The molecule has 1 aliphatic heterocycles. The van der Waals surface area contributed by atoms with Crippen molar-refractivity contribution in [3.05, 3.63) is 70.6 Å². The van der Waals surface area contributed by atoms with Crippen molar-refractivity contribution in [1.29, 1.82) is 0 Å².